The van der Waals surface area contributed by atoms with Gasteiger partial charge < -0.3 is 4.74 Å². The first-order chi connectivity index (χ1) is 21.2. The van der Waals surface area contributed by atoms with Crippen LogP contribution in [0.25, 0.3) is 22.2 Å². The lowest BCUT2D eigenvalue weighted by molar-refractivity contribution is -0.384. The molecule has 0 radical (unpaired) electrons. The number of benzene rings is 3. The van der Waals surface area contributed by atoms with Crippen molar-refractivity contribution in [3.05, 3.63) is 111 Å². The lowest BCUT2D eigenvalue weighted by Gasteiger charge is -2.17. The number of ketones is 1. The number of nitro benzene ring substituents is 1. The number of carbonyl (C=O) groups excluding carboxylic acids is 4. The van der Waals surface area contributed by atoms with Crippen molar-refractivity contribution in [1.29, 1.82) is 0 Å². The number of anilines is 1. The van der Waals surface area contributed by atoms with Crippen LogP contribution in [0.3, 0.4) is 0 Å². The van der Waals surface area contributed by atoms with Crippen LogP contribution in [0.5, 0.6) is 0 Å². The minimum Gasteiger partial charge on any atom is -0.454 e. The minimum atomic E-state index is -0.768. The third kappa shape index (κ3) is 4.60. The van der Waals surface area contributed by atoms with Crippen molar-refractivity contribution in [2.75, 3.05) is 11.5 Å². The first-order valence-corrected chi connectivity index (χ1v) is 14.7. The predicted octanol–water partition coefficient (Wildman–Crippen LogP) is 5.92. The first kappa shape index (κ1) is 27.8. The zero-order valence-corrected chi connectivity index (χ0v) is 24.5. The van der Waals surface area contributed by atoms with Gasteiger partial charge in [0, 0.05) is 33.1 Å². The van der Waals surface area contributed by atoms with Crippen molar-refractivity contribution in [3.8, 4) is 11.3 Å². The molecule has 2 fully saturated rings. The van der Waals surface area contributed by atoms with E-state index in [1.54, 1.807) is 48.5 Å². The molecular weight excluding hydrogens is 630 g/mol. The summed E-state index contributed by atoms with van der Waals surface area (Å²) in [6.45, 7) is -0.612. The molecule has 1 saturated heterocycles. The van der Waals surface area contributed by atoms with E-state index in [0.717, 1.165) is 12.5 Å². The molecule has 11 heteroatoms. The number of pyridine rings is 1. The molecule has 0 N–H and O–H groups in total. The summed E-state index contributed by atoms with van der Waals surface area (Å²) in [5, 5.41) is 11.6. The number of rotatable bonds is 7. The molecule has 44 heavy (non-hydrogen) atoms. The summed E-state index contributed by atoms with van der Waals surface area (Å²) in [6.07, 6.45) is 4.97. The van der Waals surface area contributed by atoms with E-state index in [1.807, 2.05) is 0 Å². The molecule has 2 aliphatic carbocycles. The number of hydrogen-bond acceptors (Lipinski definition) is 8. The number of hydrogen-bond donors (Lipinski definition) is 0. The molecular formula is C33H22BrN3O7. The molecule has 1 saturated carbocycles. The smallest absolute Gasteiger partial charge is 0.339 e. The molecule has 2 amide bonds. The number of allylic oxidation sites excluding steroid dienone is 2. The number of fused-ring (bicyclic) bond motifs is 6. The van der Waals surface area contributed by atoms with Crippen molar-refractivity contribution in [1.82, 2.24) is 4.98 Å². The second-order valence-electron chi connectivity index (χ2n) is 11.1. The van der Waals surface area contributed by atoms with Crippen LogP contribution in [0.15, 0.2) is 89.4 Å². The predicted molar refractivity (Wildman–Crippen MR) is 163 cm³/mol. The Kier molecular flexibility index (Phi) is 6.69. The van der Waals surface area contributed by atoms with Gasteiger partial charge in [-0.3, -0.25) is 29.4 Å². The fraction of sp³-hybridized carbons (Fsp3) is 0.182. The van der Waals surface area contributed by atoms with Crippen LogP contribution < -0.4 is 4.90 Å². The van der Waals surface area contributed by atoms with Crippen LogP contribution in [0.1, 0.15) is 27.1 Å². The summed E-state index contributed by atoms with van der Waals surface area (Å²) in [4.78, 5) is 68.9. The summed E-state index contributed by atoms with van der Waals surface area (Å²) in [6, 6.07) is 18.9. The van der Waals surface area contributed by atoms with Gasteiger partial charge in [-0.15, -0.1) is 0 Å². The summed E-state index contributed by atoms with van der Waals surface area (Å²) in [5.41, 5.74) is 2.06. The Hall–Kier alpha value is -5.03. The van der Waals surface area contributed by atoms with Crippen molar-refractivity contribution in [3.63, 3.8) is 0 Å². The van der Waals surface area contributed by atoms with Gasteiger partial charge in [0.2, 0.25) is 17.6 Å². The van der Waals surface area contributed by atoms with Gasteiger partial charge in [0.05, 0.1) is 39.2 Å². The maximum Gasteiger partial charge on any atom is 0.339 e. The monoisotopic (exact) mass is 651 g/mol. The van der Waals surface area contributed by atoms with Crippen molar-refractivity contribution >= 4 is 61.8 Å². The normalized spacial score (nSPS) is 21.6. The Bertz CT molecular complexity index is 1930. The standard InChI is InChI=1S/C33H22BrN3O7/c34-21-8-11-26-24(14-21)25(33(41)44-16-28(38)18-2-1-3-23(13-18)37(42)43)15-27(35-26)17-6-9-22(10-7-17)36-31(39)29-19-4-5-20(12-19)30(29)32(36)40/h1-11,13-15,19-20,29-30H,12,16H2. The fourth-order valence-corrected chi connectivity index (χ4v) is 6.90. The van der Waals surface area contributed by atoms with Crippen LogP contribution in [-0.2, 0) is 14.3 Å². The van der Waals surface area contributed by atoms with Gasteiger partial charge in [-0.05, 0) is 54.7 Å². The summed E-state index contributed by atoms with van der Waals surface area (Å²) in [7, 11) is 0. The quantitative estimate of drug-likeness (QED) is 0.0599. The van der Waals surface area contributed by atoms with Crippen molar-refractivity contribution < 1.29 is 28.8 Å². The summed E-state index contributed by atoms with van der Waals surface area (Å²) >= 11 is 3.42. The maximum absolute atomic E-state index is 13.3. The van der Waals surface area contributed by atoms with E-state index < -0.39 is 23.3 Å². The molecule has 4 atom stereocenters. The Labute approximate surface area is 258 Å². The van der Waals surface area contributed by atoms with Gasteiger partial charge in [0.25, 0.3) is 5.69 Å². The van der Waals surface area contributed by atoms with Gasteiger partial charge in [0.1, 0.15) is 0 Å². The van der Waals surface area contributed by atoms with Gasteiger partial charge in [-0.2, -0.15) is 0 Å². The molecule has 218 valence electrons. The average Bonchev–Trinajstić information content (AvgIpc) is 3.72. The second-order valence-corrected chi connectivity index (χ2v) is 12.0. The van der Waals surface area contributed by atoms with Crippen LogP contribution >= 0.6 is 15.9 Å². The molecule has 1 aliphatic heterocycles. The Balaban J connectivity index is 1.15. The van der Waals surface area contributed by atoms with Gasteiger partial charge in [0.15, 0.2) is 6.61 Å². The zero-order chi connectivity index (χ0) is 30.7. The summed E-state index contributed by atoms with van der Waals surface area (Å²) in [5.74, 6) is -2.04. The van der Waals surface area contributed by atoms with Gasteiger partial charge in [-0.1, -0.05) is 52.3 Å². The lowest BCUT2D eigenvalue weighted by atomic mass is 9.85. The first-order valence-electron chi connectivity index (χ1n) is 13.9. The fourth-order valence-electron chi connectivity index (χ4n) is 6.54. The van der Waals surface area contributed by atoms with Gasteiger partial charge >= 0.3 is 5.97 Å². The van der Waals surface area contributed by atoms with Crippen molar-refractivity contribution in [2.24, 2.45) is 23.7 Å². The number of aromatic nitrogens is 1. The highest BCUT2D eigenvalue weighted by molar-refractivity contribution is 9.10. The topological polar surface area (TPSA) is 137 Å². The van der Waals surface area contributed by atoms with E-state index in [4.69, 9.17) is 9.72 Å². The molecule has 1 aromatic heterocycles. The number of nitrogens with zero attached hydrogens (tertiary/aromatic N) is 3. The molecule has 7 rings (SSSR count). The van der Waals surface area contributed by atoms with Crippen LogP contribution in [-0.4, -0.2) is 40.1 Å². The maximum atomic E-state index is 13.3. The molecule has 3 aromatic carbocycles. The van der Waals surface area contributed by atoms with Gasteiger partial charge in [-0.25, -0.2) is 9.78 Å². The molecule has 2 bridgehead atoms. The molecule has 3 aliphatic rings. The van der Waals surface area contributed by atoms with E-state index in [0.29, 0.717) is 32.3 Å². The highest BCUT2D eigenvalue weighted by atomic mass is 79.9. The molecule has 2 heterocycles. The number of non-ortho nitro benzene ring substituents is 1. The van der Waals surface area contributed by atoms with Crippen LogP contribution in [0, 0.1) is 33.8 Å². The SMILES string of the molecule is O=C(COC(=O)c1cc(-c2ccc(N3C(=O)C4C5C=CC(C5)C4C3=O)cc2)nc2ccc(Br)cc12)c1cccc([N+](=O)[O-])c1. The third-order valence-electron chi connectivity index (χ3n) is 8.60. The van der Waals surface area contributed by atoms with E-state index in [1.165, 1.54) is 23.1 Å². The van der Waals surface area contributed by atoms with Crippen LogP contribution in [0.4, 0.5) is 11.4 Å². The van der Waals surface area contributed by atoms with E-state index in [2.05, 4.69) is 28.1 Å². The molecule has 4 unspecified atom stereocenters. The molecule has 10 nitrogen and oxygen atoms in total. The van der Waals surface area contributed by atoms with Crippen LogP contribution in [0.2, 0.25) is 0 Å². The number of esters is 1. The van der Waals surface area contributed by atoms with E-state index >= 15 is 0 Å². The second kappa shape index (κ2) is 10.6. The number of halogens is 1. The Morgan fingerprint density at radius 3 is 2.34 bits per heavy atom. The number of nitro groups is 1. The Morgan fingerprint density at radius 1 is 0.955 bits per heavy atom. The average molecular weight is 652 g/mol. The Morgan fingerprint density at radius 2 is 1.66 bits per heavy atom. The minimum absolute atomic E-state index is 0.0534. The molecule has 0 spiro atoms. The highest BCUT2D eigenvalue weighted by Crippen LogP contribution is 2.53. The molecule has 4 aromatic rings. The third-order valence-corrected chi connectivity index (χ3v) is 9.09. The van der Waals surface area contributed by atoms with E-state index in [9.17, 15) is 29.3 Å². The zero-order valence-electron chi connectivity index (χ0n) is 22.9. The number of ether oxygens (including phenoxy) is 1. The van der Waals surface area contributed by atoms with E-state index in [-0.39, 0.29) is 52.3 Å². The summed E-state index contributed by atoms with van der Waals surface area (Å²) < 4.78 is 6.07. The number of amides is 2. The lowest BCUT2D eigenvalue weighted by Crippen LogP contribution is -2.32. The largest absolute Gasteiger partial charge is 0.454 e. The van der Waals surface area contributed by atoms with Crippen molar-refractivity contribution in [2.45, 2.75) is 6.42 Å². The highest BCUT2D eigenvalue weighted by Gasteiger charge is 2.59. The number of imide groups is 1. The number of carbonyl (C=O) groups is 4. The number of Topliss-reactive ketones (excluding diaryl/α,β-unsaturated/α-hetero) is 1.